The summed E-state index contributed by atoms with van der Waals surface area (Å²) in [5, 5.41) is 0. The summed E-state index contributed by atoms with van der Waals surface area (Å²) in [6, 6.07) is 2.71. The SMILES string of the molecule is Nc1nc2cc(N)c(F)cc2[nH]1. The van der Waals surface area contributed by atoms with Gasteiger partial charge in [-0.15, -0.1) is 0 Å². The molecular formula is C7H7FN4. The van der Waals surface area contributed by atoms with E-state index in [2.05, 4.69) is 9.97 Å². The Balaban J connectivity index is 2.83. The molecule has 0 aliphatic rings. The molecule has 0 radical (unpaired) electrons. The lowest BCUT2D eigenvalue weighted by Gasteiger charge is -1.93. The van der Waals surface area contributed by atoms with E-state index in [-0.39, 0.29) is 11.6 Å². The standard InChI is InChI=1S/C7H7FN4/c8-3-1-5-6(2-4(3)9)12-7(10)11-5/h1-2H,9H2,(H3,10,11,12). The monoisotopic (exact) mass is 166 g/mol. The van der Waals surface area contributed by atoms with Crippen molar-refractivity contribution in [2.24, 2.45) is 0 Å². The highest BCUT2D eigenvalue weighted by molar-refractivity contribution is 5.80. The third-order valence-electron chi connectivity index (χ3n) is 1.62. The Morgan fingerprint density at radius 1 is 1.33 bits per heavy atom. The van der Waals surface area contributed by atoms with Gasteiger partial charge in [0.2, 0.25) is 0 Å². The Hall–Kier alpha value is -1.78. The van der Waals surface area contributed by atoms with E-state index in [4.69, 9.17) is 11.5 Å². The lowest BCUT2D eigenvalue weighted by Crippen LogP contribution is -1.89. The molecule has 5 N–H and O–H groups in total. The zero-order valence-corrected chi connectivity index (χ0v) is 6.13. The molecule has 1 aromatic heterocycles. The second-order valence-corrected chi connectivity index (χ2v) is 2.51. The number of benzene rings is 1. The van der Waals surface area contributed by atoms with E-state index in [1.54, 1.807) is 0 Å². The molecule has 0 saturated heterocycles. The van der Waals surface area contributed by atoms with Gasteiger partial charge < -0.3 is 16.5 Å². The quantitative estimate of drug-likeness (QED) is 0.508. The van der Waals surface area contributed by atoms with Crippen molar-refractivity contribution in [3.63, 3.8) is 0 Å². The van der Waals surface area contributed by atoms with E-state index in [1.807, 2.05) is 0 Å². The molecule has 0 fully saturated rings. The summed E-state index contributed by atoms with van der Waals surface area (Å²) in [5.41, 5.74) is 11.9. The highest BCUT2D eigenvalue weighted by atomic mass is 19.1. The lowest BCUT2D eigenvalue weighted by molar-refractivity contribution is 0.634. The summed E-state index contributed by atoms with van der Waals surface area (Å²) in [6.45, 7) is 0. The Morgan fingerprint density at radius 2 is 2.08 bits per heavy atom. The van der Waals surface area contributed by atoms with Crippen LogP contribution in [0.5, 0.6) is 0 Å². The van der Waals surface area contributed by atoms with Crippen LogP contribution < -0.4 is 11.5 Å². The van der Waals surface area contributed by atoms with Crippen LogP contribution in [-0.4, -0.2) is 9.97 Å². The summed E-state index contributed by atoms with van der Waals surface area (Å²) >= 11 is 0. The van der Waals surface area contributed by atoms with Crippen LogP contribution in [0.2, 0.25) is 0 Å². The minimum Gasteiger partial charge on any atom is -0.396 e. The van der Waals surface area contributed by atoms with Gasteiger partial charge in [-0.05, 0) is 6.07 Å². The molecule has 0 spiro atoms. The molecule has 1 heterocycles. The van der Waals surface area contributed by atoms with Gasteiger partial charge in [-0.25, -0.2) is 9.37 Å². The zero-order valence-electron chi connectivity index (χ0n) is 6.13. The smallest absolute Gasteiger partial charge is 0.198 e. The number of nitrogens with two attached hydrogens (primary N) is 2. The molecule has 2 rings (SSSR count). The number of nitrogens with zero attached hydrogens (tertiary/aromatic N) is 1. The van der Waals surface area contributed by atoms with Gasteiger partial charge in [-0.2, -0.15) is 0 Å². The van der Waals surface area contributed by atoms with Crippen LogP contribution in [-0.2, 0) is 0 Å². The number of anilines is 2. The fourth-order valence-corrected chi connectivity index (χ4v) is 1.07. The second kappa shape index (κ2) is 2.10. The number of H-pyrrole nitrogens is 1. The molecule has 0 aliphatic carbocycles. The van der Waals surface area contributed by atoms with E-state index >= 15 is 0 Å². The predicted molar refractivity (Wildman–Crippen MR) is 44.9 cm³/mol. The van der Waals surface area contributed by atoms with Gasteiger partial charge in [0, 0.05) is 6.07 Å². The first-order chi connectivity index (χ1) is 5.66. The first-order valence-corrected chi connectivity index (χ1v) is 3.37. The molecule has 0 atom stereocenters. The first-order valence-electron chi connectivity index (χ1n) is 3.37. The van der Waals surface area contributed by atoms with Gasteiger partial charge in [0.15, 0.2) is 5.95 Å². The topological polar surface area (TPSA) is 80.7 Å². The van der Waals surface area contributed by atoms with Gasteiger partial charge >= 0.3 is 0 Å². The minimum absolute atomic E-state index is 0.0778. The highest BCUT2D eigenvalue weighted by Gasteiger charge is 2.04. The normalized spacial score (nSPS) is 10.8. The highest BCUT2D eigenvalue weighted by Crippen LogP contribution is 2.19. The van der Waals surface area contributed by atoms with Crippen molar-refractivity contribution in [1.82, 2.24) is 9.97 Å². The molecule has 0 saturated carbocycles. The van der Waals surface area contributed by atoms with Crippen LogP contribution in [0.4, 0.5) is 16.0 Å². The van der Waals surface area contributed by atoms with Crippen molar-refractivity contribution in [2.45, 2.75) is 0 Å². The third kappa shape index (κ3) is 0.868. The number of nitrogen functional groups attached to an aromatic ring is 2. The van der Waals surface area contributed by atoms with E-state index in [1.165, 1.54) is 12.1 Å². The molecule has 0 unspecified atom stereocenters. The molecule has 62 valence electrons. The van der Waals surface area contributed by atoms with Crippen LogP contribution in [0, 0.1) is 5.82 Å². The fraction of sp³-hybridized carbons (Fsp3) is 0. The molecule has 2 aromatic rings. The first kappa shape index (κ1) is 6.90. The zero-order chi connectivity index (χ0) is 8.72. The van der Waals surface area contributed by atoms with Crippen molar-refractivity contribution < 1.29 is 4.39 Å². The number of aromatic amines is 1. The summed E-state index contributed by atoms with van der Waals surface area (Å²) < 4.78 is 12.8. The maximum absolute atomic E-state index is 12.8. The molecule has 12 heavy (non-hydrogen) atoms. The van der Waals surface area contributed by atoms with E-state index in [0.29, 0.717) is 11.0 Å². The summed E-state index contributed by atoms with van der Waals surface area (Å²) in [4.78, 5) is 6.59. The molecule has 1 aromatic carbocycles. The van der Waals surface area contributed by atoms with Gasteiger partial charge in [0.25, 0.3) is 0 Å². The molecule has 0 aliphatic heterocycles. The van der Waals surface area contributed by atoms with E-state index < -0.39 is 5.82 Å². The third-order valence-corrected chi connectivity index (χ3v) is 1.62. The maximum atomic E-state index is 12.8. The van der Waals surface area contributed by atoms with Crippen LogP contribution in [0.25, 0.3) is 11.0 Å². The molecular weight excluding hydrogens is 159 g/mol. The van der Waals surface area contributed by atoms with Gasteiger partial charge in [-0.1, -0.05) is 0 Å². The van der Waals surface area contributed by atoms with Crippen molar-refractivity contribution in [2.75, 3.05) is 11.5 Å². The summed E-state index contributed by atoms with van der Waals surface area (Å²) in [6.07, 6.45) is 0. The molecule has 5 heteroatoms. The predicted octanol–water partition coefficient (Wildman–Crippen LogP) is 0.866. The summed E-state index contributed by atoms with van der Waals surface area (Å²) in [5.74, 6) is -0.207. The second-order valence-electron chi connectivity index (χ2n) is 2.51. The van der Waals surface area contributed by atoms with Crippen LogP contribution in [0.1, 0.15) is 0 Å². The number of halogens is 1. The van der Waals surface area contributed by atoms with E-state index in [9.17, 15) is 4.39 Å². The summed E-state index contributed by atoms with van der Waals surface area (Å²) in [7, 11) is 0. The number of rotatable bonds is 0. The van der Waals surface area contributed by atoms with Crippen molar-refractivity contribution in [1.29, 1.82) is 0 Å². The van der Waals surface area contributed by atoms with E-state index in [0.717, 1.165) is 0 Å². The Labute approximate surface area is 67.4 Å². The van der Waals surface area contributed by atoms with Gasteiger partial charge in [0.05, 0.1) is 16.7 Å². The number of hydrogen-bond acceptors (Lipinski definition) is 3. The van der Waals surface area contributed by atoms with Crippen molar-refractivity contribution in [3.05, 3.63) is 17.9 Å². The maximum Gasteiger partial charge on any atom is 0.198 e. The molecule has 4 nitrogen and oxygen atoms in total. The molecule has 0 bridgehead atoms. The minimum atomic E-state index is -0.467. The lowest BCUT2D eigenvalue weighted by atomic mass is 10.3. The number of fused-ring (bicyclic) bond motifs is 1. The van der Waals surface area contributed by atoms with Crippen LogP contribution >= 0.6 is 0 Å². The van der Waals surface area contributed by atoms with Crippen LogP contribution in [0.15, 0.2) is 12.1 Å². The Bertz CT molecular complexity index is 395. The van der Waals surface area contributed by atoms with Gasteiger partial charge in [0.1, 0.15) is 5.82 Å². The van der Waals surface area contributed by atoms with Crippen molar-refractivity contribution in [3.8, 4) is 0 Å². The largest absolute Gasteiger partial charge is 0.396 e. The number of nitrogens with one attached hydrogen (secondary N) is 1. The Morgan fingerprint density at radius 3 is 2.83 bits per heavy atom. The van der Waals surface area contributed by atoms with Crippen LogP contribution in [0.3, 0.4) is 0 Å². The number of aromatic nitrogens is 2. The van der Waals surface area contributed by atoms with Crippen molar-refractivity contribution >= 4 is 22.7 Å². The average Bonchev–Trinajstić information content (AvgIpc) is 2.30. The number of imidazole rings is 1. The Kier molecular flexibility index (Phi) is 1.21. The average molecular weight is 166 g/mol. The molecule has 0 amide bonds. The number of hydrogen-bond donors (Lipinski definition) is 3. The fourth-order valence-electron chi connectivity index (χ4n) is 1.07. The van der Waals surface area contributed by atoms with Gasteiger partial charge in [-0.3, -0.25) is 0 Å².